The molecular formula is C21H24F5N3O3. The Morgan fingerprint density at radius 3 is 2.38 bits per heavy atom. The molecule has 0 spiro atoms. The van der Waals surface area contributed by atoms with Gasteiger partial charge in [0, 0.05) is 24.2 Å². The van der Waals surface area contributed by atoms with Gasteiger partial charge in [-0.2, -0.15) is 13.2 Å². The van der Waals surface area contributed by atoms with E-state index in [1.165, 1.54) is 0 Å². The summed E-state index contributed by atoms with van der Waals surface area (Å²) in [6.07, 6.45) is -4.05. The van der Waals surface area contributed by atoms with E-state index in [1.807, 2.05) is 0 Å². The predicted molar refractivity (Wildman–Crippen MR) is 104 cm³/mol. The number of nitrogens with zero attached hydrogens (tertiary/aromatic N) is 1. The van der Waals surface area contributed by atoms with E-state index in [2.05, 4.69) is 10.9 Å². The van der Waals surface area contributed by atoms with Crippen LogP contribution in [-0.4, -0.2) is 47.7 Å². The third-order valence-corrected chi connectivity index (χ3v) is 5.58. The Hall–Kier alpha value is -2.53. The Kier molecular flexibility index (Phi) is 6.36. The number of fused-ring (bicyclic) bond motifs is 1. The summed E-state index contributed by atoms with van der Waals surface area (Å²) in [5, 5.41) is 0. The Labute approximate surface area is 181 Å². The van der Waals surface area contributed by atoms with E-state index in [0.29, 0.717) is 6.07 Å². The molecule has 2 aliphatic heterocycles. The SMILES string of the molecule is CC(C)OC(=O)C1=CN(C(=O)c2ccc(F)c(F)c2)CC(C)(C)C2C1NNC2C(F)(F)F. The van der Waals surface area contributed by atoms with Gasteiger partial charge in [0.15, 0.2) is 11.6 Å². The summed E-state index contributed by atoms with van der Waals surface area (Å²) < 4.78 is 73.4. The van der Waals surface area contributed by atoms with Gasteiger partial charge in [0.25, 0.3) is 5.91 Å². The lowest BCUT2D eigenvalue weighted by Gasteiger charge is -2.38. The molecular weight excluding hydrogens is 437 g/mol. The fourth-order valence-corrected chi connectivity index (χ4v) is 4.24. The van der Waals surface area contributed by atoms with Crippen molar-refractivity contribution in [1.82, 2.24) is 15.8 Å². The van der Waals surface area contributed by atoms with E-state index in [9.17, 15) is 31.5 Å². The third-order valence-electron chi connectivity index (χ3n) is 5.58. The molecule has 2 heterocycles. The van der Waals surface area contributed by atoms with Gasteiger partial charge in [0.2, 0.25) is 0 Å². The molecule has 1 aromatic rings. The molecule has 6 nitrogen and oxygen atoms in total. The van der Waals surface area contributed by atoms with Crippen LogP contribution < -0.4 is 10.9 Å². The summed E-state index contributed by atoms with van der Waals surface area (Å²) in [5.74, 6) is -5.23. The average Bonchev–Trinajstić information content (AvgIpc) is 3.08. The molecule has 1 amide bonds. The highest BCUT2D eigenvalue weighted by Gasteiger charge is 2.59. The van der Waals surface area contributed by atoms with Gasteiger partial charge < -0.3 is 9.64 Å². The highest BCUT2D eigenvalue weighted by Crippen LogP contribution is 2.45. The van der Waals surface area contributed by atoms with Crippen LogP contribution in [0.15, 0.2) is 30.0 Å². The molecule has 0 radical (unpaired) electrons. The molecule has 11 heteroatoms. The van der Waals surface area contributed by atoms with Crippen molar-refractivity contribution < 1.29 is 36.3 Å². The van der Waals surface area contributed by atoms with Crippen LogP contribution >= 0.6 is 0 Å². The van der Waals surface area contributed by atoms with E-state index in [0.717, 1.165) is 23.2 Å². The zero-order chi connectivity index (χ0) is 24.0. The van der Waals surface area contributed by atoms with Crippen molar-refractivity contribution in [2.45, 2.75) is 52.1 Å². The lowest BCUT2D eigenvalue weighted by Crippen LogP contribution is -2.50. The number of alkyl halides is 3. The first-order valence-electron chi connectivity index (χ1n) is 9.99. The molecule has 0 bridgehead atoms. The topological polar surface area (TPSA) is 70.7 Å². The van der Waals surface area contributed by atoms with Crippen molar-refractivity contribution in [3.63, 3.8) is 0 Å². The Bertz CT molecular complexity index is 945. The highest BCUT2D eigenvalue weighted by atomic mass is 19.4. The fraction of sp³-hybridized carbons (Fsp3) is 0.524. The average molecular weight is 461 g/mol. The zero-order valence-electron chi connectivity index (χ0n) is 17.9. The number of benzene rings is 1. The number of hydrogen-bond donors (Lipinski definition) is 2. The van der Waals surface area contributed by atoms with Crippen LogP contribution in [0.5, 0.6) is 0 Å². The van der Waals surface area contributed by atoms with E-state index >= 15 is 0 Å². The van der Waals surface area contributed by atoms with Crippen LogP contribution in [-0.2, 0) is 9.53 Å². The van der Waals surface area contributed by atoms with Crippen molar-refractivity contribution in [1.29, 1.82) is 0 Å². The second-order valence-electron chi connectivity index (χ2n) is 8.90. The molecule has 0 aromatic heterocycles. The molecule has 1 saturated heterocycles. The Morgan fingerprint density at radius 2 is 1.81 bits per heavy atom. The van der Waals surface area contributed by atoms with Gasteiger partial charge in [-0.05, 0) is 37.5 Å². The largest absolute Gasteiger partial charge is 0.460 e. The van der Waals surface area contributed by atoms with Gasteiger partial charge in [-0.1, -0.05) is 13.8 Å². The lowest BCUT2D eigenvalue weighted by atomic mass is 9.70. The van der Waals surface area contributed by atoms with Crippen molar-refractivity contribution >= 4 is 11.9 Å². The number of rotatable bonds is 3. The van der Waals surface area contributed by atoms with Gasteiger partial charge in [0.05, 0.1) is 17.7 Å². The van der Waals surface area contributed by atoms with Crippen LogP contribution in [0, 0.1) is 23.0 Å². The minimum Gasteiger partial charge on any atom is -0.460 e. The molecule has 1 fully saturated rings. The maximum Gasteiger partial charge on any atom is 0.405 e. The number of halogens is 5. The smallest absolute Gasteiger partial charge is 0.405 e. The molecule has 32 heavy (non-hydrogen) atoms. The molecule has 3 unspecified atom stereocenters. The number of carbonyl (C=O) groups is 2. The highest BCUT2D eigenvalue weighted by molar-refractivity contribution is 5.97. The van der Waals surface area contributed by atoms with Gasteiger partial charge in [-0.15, -0.1) is 0 Å². The summed E-state index contributed by atoms with van der Waals surface area (Å²) in [6, 6.07) is -0.545. The normalized spacial score (nSPS) is 25.2. The maximum atomic E-state index is 13.8. The molecule has 3 rings (SSSR count). The number of hydrogen-bond acceptors (Lipinski definition) is 5. The van der Waals surface area contributed by atoms with Gasteiger partial charge in [-0.3, -0.25) is 4.79 Å². The first-order chi connectivity index (χ1) is 14.7. The monoisotopic (exact) mass is 461 g/mol. The summed E-state index contributed by atoms with van der Waals surface area (Å²) in [6.45, 7) is 6.06. The first kappa shape index (κ1) is 24.1. The lowest BCUT2D eigenvalue weighted by molar-refractivity contribution is -0.170. The molecule has 3 atom stereocenters. The van der Waals surface area contributed by atoms with Crippen LogP contribution in [0.25, 0.3) is 0 Å². The quantitative estimate of drug-likeness (QED) is 0.534. The Morgan fingerprint density at radius 1 is 1.16 bits per heavy atom. The molecule has 0 aliphatic carbocycles. The zero-order valence-corrected chi connectivity index (χ0v) is 17.9. The second kappa shape index (κ2) is 8.43. The summed E-state index contributed by atoms with van der Waals surface area (Å²) >= 11 is 0. The van der Waals surface area contributed by atoms with E-state index in [1.54, 1.807) is 27.7 Å². The van der Waals surface area contributed by atoms with Gasteiger partial charge >= 0.3 is 12.1 Å². The Balaban J connectivity index is 2.08. The van der Waals surface area contributed by atoms with Crippen LogP contribution in [0.3, 0.4) is 0 Å². The number of esters is 1. The second-order valence-corrected chi connectivity index (χ2v) is 8.90. The summed E-state index contributed by atoms with van der Waals surface area (Å²) in [7, 11) is 0. The van der Waals surface area contributed by atoms with Crippen molar-refractivity contribution in [2.75, 3.05) is 6.54 Å². The van der Waals surface area contributed by atoms with E-state index < -0.39 is 59.2 Å². The van der Waals surface area contributed by atoms with E-state index in [4.69, 9.17) is 4.74 Å². The minimum atomic E-state index is -4.63. The maximum absolute atomic E-state index is 13.8. The third kappa shape index (κ3) is 4.63. The van der Waals surface area contributed by atoms with Crippen molar-refractivity contribution in [3.05, 3.63) is 47.2 Å². The van der Waals surface area contributed by atoms with Gasteiger partial charge in [-0.25, -0.2) is 24.4 Å². The van der Waals surface area contributed by atoms with Crippen LogP contribution in [0.4, 0.5) is 22.0 Å². The molecule has 0 saturated carbocycles. The number of nitrogens with one attached hydrogen (secondary N) is 2. The van der Waals surface area contributed by atoms with Crippen molar-refractivity contribution in [3.8, 4) is 0 Å². The standard InChI is InChI=1S/C21H24F5N3O3/c1-10(2)32-19(31)12-8-29(18(30)11-5-6-13(22)14(23)7-11)9-20(3,4)15-16(12)27-28-17(15)21(24,25)26/h5-8,10,15-17,27-28H,9H2,1-4H3. The number of hydrazine groups is 1. The number of carbonyl (C=O) groups excluding carboxylic acids is 2. The molecule has 1 aromatic carbocycles. The predicted octanol–water partition coefficient (Wildman–Crippen LogP) is 3.31. The number of amides is 1. The van der Waals surface area contributed by atoms with Crippen LogP contribution in [0.1, 0.15) is 38.1 Å². The summed E-state index contributed by atoms with van der Waals surface area (Å²) in [4.78, 5) is 26.9. The first-order valence-corrected chi connectivity index (χ1v) is 9.99. The summed E-state index contributed by atoms with van der Waals surface area (Å²) in [5.41, 5.74) is 3.24. The fourth-order valence-electron chi connectivity index (χ4n) is 4.24. The van der Waals surface area contributed by atoms with E-state index in [-0.39, 0.29) is 17.7 Å². The van der Waals surface area contributed by atoms with Gasteiger partial charge in [0.1, 0.15) is 6.04 Å². The molecule has 2 N–H and O–H groups in total. The molecule has 2 aliphatic rings. The number of ether oxygens (including phenoxy) is 1. The van der Waals surface area contributed by atoms with Crippen LogP contribution in [0.2, 0.25) is 0 Å². The van der Waals surface area contributed by atoms with Crippen molar-refractivity contribution in [2.24, 2.45) is 11.3 Å². The minimum absolute atomic E-state index is 0.176. The molecule has 176 valence electrons.